The second kappa shape index (κ2) is 6.03. The molecule has 7 heteroatoms. The van der Waals surface area contributed by atoms with Crippen LogP contribution in [-0.4, -0.2) is 38.9 Å². The van der Waals surface area contributed by atoms with Crippen LogP contribution in [0.25, 0.3) is 0 Å². The first kappa shape index (κ1) is 16.7. The summed E-state index contributed by atoms with van der Waals surface area (Å²) >= 11 is 0. The van der Waals surface area contributed by atoms with Crippen LogP contribution in [0.4, 0.5) is 5.69 Å². The van der Waals surface area contributed by atoms with Gasteiger partial charge in [-0.15, -0.1) is 0 Å². The average Bonchev–Trinajstić information content (AvgIpc) is 3.15. The van der Waals surface area contributed by atoms with Crippen molar-refractivity contribution in [2.45, 2.75) is 52.4 Å². The minimum Gasteiger partial charge on any atom is -0.323 e. The van der Waals surface area contributed by atoms with Gasteiger partial charge in [0.05, 0.1) is 22.5 Å². The number of hydrogen-bond donors (Lipinski definition) is 1. The number of rotatable bonds is 4. The summed E-state index contributed by atoms with van der Waals surface area (Å²) in [6, 6.07) is 0. The van der Waals surface area contributed by atoms with Crippen molar-refractivity contribution >= 4 is 23.4 Å². The maximum atomic E-state index is 12.6. The first-order chi connectivity index (χ1) is 11.3. The zero-order chi connectivity index (χ0) is 17.5. The predicted octanol–water partition coefficient (Wildman–Crippen LogP) is 1.68. The first-order valence-corrected chi connectivity index (χ1v) is 8.49. The molecule has 1 spiro atoms. The van der Waals surface area contributed by atoms with E-state index in [1.165, 1.54) is 4.90 Å². The second-order valence-electron chi connectivity index (χ2n) is 6.98. The molecule has 1 aliphatic heterocycles. The molecule has 2 aliphatic rings. The van der Waals surface area contributed by atoms with Crippen molar-refractivity contribution in [1.82, 2.24) is 14.7 Å². The van der Waals surface area contributed by atoms with Gasteiger partial charge in [-0.3, -0.25) is 24.0 Å². The van der Waals surface area contributed by atoms with Crippen LogP contribution in [0.3, 0.4) is 0 Å². The Kier molecular flexibility index (Phi) is 4.19. The molecule has 130 valence electrons. The monoisotopic (exact) mass is 332 g/mol. The summed E-state index contributed by atoms with van der Waals surface area (Å²) < 4.78 is 1.71. The van der Waals surface area contributed by atoms with Crippen molar-refractivity contribution in [3.05, 3.63) is 11.4 Å². The normalized spacial score (nSPS) is 19.5. The summed E-state index contributed by atoms with van der Waals surface area (Å²) in [5.74, 6) is -0.419. The Labute approximate surface area is 141 Å². The highest BCUT2D eigenvalue weighted by Crippen LogP contribution is 2.46. The molecule has 3 amide bonds. The van der Waals surface area contributed by atoms with E-state index in [1.54, 1.807) is 4.68 Å². The standard InChI is InChI=1S/C17H24N4O3/c1-11-15(12(2)20(3)19-11)18-13(22)6-9-21-14(23)10-17(16(21)24)7-4-5-8-17/h4-10H2,1-3H3,(H,18,22). The first-order valence-electron chi connectivity index (χ1n) is 8.49. The molecule has 1 aromatic rings. The fourth-order valence-electron chi connectivity index (χ4n) is 3.90. The predicted molar refractivity (Wildman–Crippen MR) is 88.2 cm³/mol. The molecule has 7 nitrogen and oxygen atoms in total. The third-order valence-electron chi connectivity index (χ3n) is 5.39. The number of imide groups is 1. The smallest absolute Gasteiger partial charge is 0.235 e. The topological polar surface area (TPSA) is 84.3 Å². The van der Waals surface area contributed by atoms with Crippen LogP contribution in [0, 0.1) is 19.3 Å². The fraction of sp³-hybridized carbons (Fsp3) is 0.647. The number of likely N-dealkylation sites (tertiary alicyclic amines) is 1. The summed E-state index contributed by atoms with van der Waals surface area (Å²) in [7, 11) is 1.82. The van der Waals surface area contributed by atoms with Gasteiger partial charge in [-0.05, 0) is 26.7 Å². The number of aromatic nitrogens is 2. The molecule has 1 saturated heterocycles. The minimum atomic E-state index is -0.468. The summed E-state index contributed by atoms with van der Waals surface area (Å²) in [5.41, 5.74) is 1.86. The van der Waals surface area contributed by atoms with E-state index >= 15 is 0 Å². The van der Waals surface area contributed by atoms with Crippen molar-refractivity contribution in [3.63, 3.8) is 0 Å². The fourth-order valence-corrected chi connectivity index (χ4v) is 3.90. The molecule has 3 rings (SSSR count). The molecule has 1 saturated carbocycles. The Morgan fingerprint density at radius 1 is 1.25 bits per heavy atom. The van der Waals surface area contributed by atoms with Gasteiger partial charge < -0.3 is 5.32 Å². The minimum absolute atomic E-state index is 0.0773. The number of hydrogen-bond acceptors (Lipinski definition) is 4. The number of amides is 3. The van der Waals surface area contributed by atoms with Crippen molar-refractivity contribution in [3.8, 4) is 0 Å². The highest BCUT2D eigenvalue weighted by atomic mass is 16.2. The van der Waals surface area contributed by atoms with E-state index in [9.17, 15) is 14.4 Å². The summed E-state index contributed by atoms with van der Waals surface area (Å²) in [4.78, 5) is 38.3. The van der Waals surface area contributed by atoms with Gasteiger partial charge in [-0.25, -0.2) is 0 Å². The third kappa shape index (κ3) is 2.72. The van der Waals surface area contributed by atoms with Gasteiger partial charge in [-0.1, -0.05) is 12.8 Å². The highest BCUT2D eigenvalue weighted by molar-refractivity contribution is 6.06. The lowest BCUT2D eigenvalue weighted by atomic mass is 9.84. The second-order valence-corrected chi connectivity index (χ2v) is 6.98. The van der Waals surface area contributed by atoms with E-state index < -0.39 is 5.41 Å². The Morgan fingerprint density at radius 2 is 1.92 bits per heavy atom. The molecular formula is C17H24N4O3. The number of carbonyl (C=O) groups excluding carboxylic acids is 3. The number of carbonyl (C=O) groups is 3. The Morgan fingerprint density at radius 3 is 2.50 bits per heavy atom. The van der Waals surface area contributed by atoms with E-state index in [2.05, 4.69) is 10.4 Å². The van der Waals surface area contributed by atoms with Gasteiger partial charge in [0.15, 0.2) is 0 Å². The molecule has 2 fully saturated rings. The largest absolute Gasteiger partial charge is 0.323 e. The molecule has 1 aliphatic carbocycles. The lowest BCUT2D eigenvalue weighted by Gasteiger charge is -2.20. The molecule has 24 heavy (non-hydrogen) atoms. The van der Waals surface area contributed by atoms with Crippen molar-refractivity contribution in [2.24, 2.45) is 12.5 Å². The maximum absolute atomic E-state index is 12.6. The molecule has 0 bridgehead atoms. The lowest BCUT2D eigenvalue weighted by molar-refractivity contribution is -0.141. The number of aryl methyl sites for hydroxylation is 2. The Hall–Kier alpha value is -2.18. The van der Waals surface area contributed by atoms with Crippen LogP contribution in [0.2, 0.25) is 0 Å². The van der Waals surface area contributed by atoms with E-state index in [-0.39, 0.29) is 30.7 Å². The Bertz CT molecular complexity index is 701. The Balaban J connectivity index is 1.60. The summed E-state index contributed by atoms with van der Waals surface area (Å²) in [6.07, 6.45) is 4.04. The van der Waals surface area contributed by atoms with E-state index in [1.807, 2.05) is 20.9 Å². The van der Waals surface area contributed by atoms with Crippen molar-refractivity contribution in [1.29, 1.82) is 0 Å². The number of anilines is 1. The molecule has 0 aromatic carbocycles. The summed E-state index contributed by atoms with van der Waals surface area (Å²) in [6.45, 7) is 3.87. The lowest BCUT2D eigenvalue weighted by Crippen LogP contribution is -2.36. The van der Waals surface area contributed by atoms with Crippen LogP contribution in [-0.2, 0) is 21.4 Å². The highest BCUT2D eigenvalue weighted by Gasteiger charge is 2.52. The van der Waals surface area contributed by atoms with Gasteiger partial charge >= 0.3 is 0 Å². The quantitative estimate of drug-likeness (QED) is 0.850. The van der Waals surface area contributed by atoms with Crippen LogP contribution in [0.5, 0.6) is 0 Å². The molecule has 1 N–H and O–H groups in total. The molecular weight excluding hydrogens is 308 g/mol. The summed E-state index contributed by atoms with van der Waals surface area (Å²) in [5, 5.41) is 7.10. The van der Waals surface area contributed by atoms with Gasteiger partial charge in [0.2, 0.25) is 17.7 Å². The van der Waals surface area contributed by atoms with Gasteiger partial charge in [-0.2, -0.15) is 5.10 Å². The molecule has 2 heterocycles. The average molecular weight is 332 g/mol. The van der Waals surface area contributed by atoms with E-state index in [4.69, 9.17) is 0 Å². The SMILES string of the molecule is Cc1nn(C)c(C)c1NC(=O)CCN1C(=O)CC2(CCCC2)C1=O. The molecule has 0 radical (unpaired) electrons. The zero-order valence-electron chi connectivity index (χ0n) is 14.5. The van der Waals surface area contributed by atoms with Gasteiger partial charge in [0, 0.05) is 26.4 Å². The van der Waals surface area contributed by atoms with Crippen molar-refractivity contribution < 1.29 is 14.4 Å². The van der Waals surface area contributed by atoms with Gasteiger partial charge in [0.1, 0.15) is 0 Å². The van der Waals surface area contributed by atoms with Gasteiger partial charge in [0.25, 0.3) is 0 Å². The molecule has 0 unspecified atom stereocenters. The third-order valence-corrected chi connectivity index (χ3v) is 5.39. The molecule has 0 atom stereocenters. The zero-order valence-corrected chi connectivity index (χ0v) is 14.5. The van der Waals surface area contributed by atoms with E-state index in [0.717, 1.165) is 37.1 Å². The molecule has 1 aromatic heterocycles. The van der Waals surface area contributed by atoms with Crippen LogP contribution >= 0.6 is 0 Å². The van der Waals surface area contributed by atoms with Crippen LogP contribution in [0.1, 0.15) is 49.9 Å². The number of nitrogens with zero attached hydrogens (tertiary/aromatic N) is 3. The van der Waals surface area contributed by atoms with Crippen LogP contribution < -0.4 is 5.32 Å². The number of nitrogens with one attached hydrogen (secondary N) is 1. The van der Waals surface area contributed by atoms with Crippen LogP contribution in [0.15, 0.2) is 0 Å². The van der Waals surface area contributed by atoms with Crippen molar-refractivity contribution in [2.75, 3.05) is 11.9 Å². The maximum Gasteiger partial charge on any atom is 0.235 e. The van der Waals surface area contributed by atoms with E-state index in [0.29, 0.717) is 12.1 Å².